The molecule has 6 heteroatoms. The molecule has 0 spiro atoms. The first-order valence-electron chi connectivity index (χ1n) is 7.87. The number of benzene rings is 1. The van der Waals surface area contributed by atoms with Gasteiger partial charge in [0.25, 0.3) is 5.91 Å². The van der Waals surface area contributed by atoms with Gasteiger partial charge in [-0.15, -0.1) is 11.8 Å². The summed E-state index contributed by atoms with van der Waals surface area (Å²) < 4.78 is 18.3. The van der Waals surface area contributed by atoms with Gasteiger partial charge in [-0.05, 0) is 43.7 Å². The van der Waals surface area contributed by atoms with E-state index in [1.54, 1.807) is 18.2 Å². The van der Waals surface area contributed by atoms with Crippen molar-refractivity contribution in [2.24, 2.45) is 5.92 Å². The number of carbonyl (C=O) groups is 2. The van der Waals surface area contributed by atoms with Gasteiger partial charge in [0.05, 0.1) is 5.75 Å². The predicted octanol–water partition coefficient (Wildman–Crippen LogP) is 3.16. The van der Waals surface area contributed by atoms with E-state index in [4.69, 9.17) is 4.74 Å². The third kappa shape index (κ3) is 6.22. The number of nitrogens with one attached hydrogen (secondary N) is 1. The number of rotatable bonds is 6. The number of amides is 1. The van der Waals surface area contributed by atoms with Gasteiger partial charge in [-0.25, -0.2) is 4.39 Å². The van der Waals surface area contributed by atoms with E-state index in [0.29, 0.717) is 4.90 Å². The van der Waals surface area contributed by atoms with Crippen molar-refractivity contribution < 1.29 is 18.7 Å². The van der Waals surface area contributed by atoms with E-state index in [0.717, 1.165) is 43.4 Å². The van der Waals surface area contributed by atoms with E-state index in [1.165, 1.54) is 6.07 Å². The molecule has 1 N–H and O–H groups in total. The molecule has 23 heavy (non-hydrogen) atoms. The fourth-order valence-electron chi connectivity index (χ4n) is 2.56. The van der Waals surface area contributed by atoms with Gasteiger partial charge in [-0.1, -0.05) is 19.1 Å². The van der Waals surface area contributed by atoms with E-state index in [9.17, 15) is 14.0 Å². The number of carbonyl (C=O) groups excluding carboxylic acids is 2. The first-order valence-corrected chi connectivity index (χ1v) is 8.85. The van der Waals surface area contributed by atoms with Crippen molar-refractivity contribution in [3.05, 3.63) is 30.1 Å². The van der Waals surface area contributed by atoms with Gasteiger partial charge in [0.2, 0.25) is 0 Å². The SMILES string of the molecule is CC1CCC(NC(=O)COC(=O)CSc2ccccc2F)CC1. The monoisotopic (exact) mass is 339 g/mol. The summed E-state index contributed by atoms with van der Waals surface area (Å²) in [7, 11) is 0. The molecule has 1 aromatic rings. The minimum Gasteiger partial charge on any atom is -0.455 e. The lowest BCUT2D eigenvalue weighted by atomic mass is 9.87. The van der Waals surface area contributed by atoms with E-state index in [1.807, 2.05) is 0 Å². The molecule has 0 radical (unpaired) electrons. The molecule has 0 atom stereocenters. The fourth-order valence-corrected chi connectivity index (χ4v) is 3.30. The molecule has 1 aliphatic carbocycles. The maximum atomic E-state index is 13.4. The summed E-state index contributed by atoms with van der Waals surface area (Å²) in [5.74, 6) is -0.458. The van der Waals surface area contributed by atoms with Crippen LogP contribution in [0.1, 0.15) is 32.6 Å². The normalized spacial score (nSPS) is 20.8. The minimum atomic E-state index is -0.523. The van der Waals surface area contributed by atoms with Gasteiger partial charge in [0.1, 0.15) is 5.82 Å². The zero-order valence-electron chi connectivity index (χ0n) is 13.2. The molecule has 1 fully saturated rings. The zero-order chi connectivity index (χ0) is 16.7. The summed E-state index contributed by atoms with van der Waals surface area (Å²) in [6.45, 7) is 1.94. The van der Waals surface area contributed by atoms with Crippen LogP contribution in [0.2, 0.25) is 0 Å². The molecule has 126 valence electrons. The first-order chi connectivity index (χ1) is 11.0. The average Bonchev–Trinajstić information content (AvgIpc) is 2.54. The molecule has 0 heterocycles. The standard InChI is InChI=1S/C17H22FNO3S/c1-12-6-8-13(9-7-12)19-16(20)10-22-17(21)11-23-15-5-3-2-4-14(15)18/h2-5,12-13H,6-11H2,1H3,(H,19,20). The molecule has 0 bridgehead atoms. The highest BCUT2D eigenvalue weighted by atomic mass is 32.2. The molecule has 1 saturated carbocycles. The molecule has 0 unspecified atom stereocenters. The van der Waals surface area contributed by atoms with Crippen LogP contribution in [0.5, 0.6) is 0 Å². The number of esters is 1. The van der Waals surface area contributed by atoms with Crippen LogP contribution in [0.4, 0.5) is 4.39 Å². The second-order valence-corrected chi connectivity index (χ2v) is 6.92. The summed E-state index contributed by atoms with van der Waals surface area (Å²) in [5.41, 5.74) is 0. The van der Waals surface area contributed by atoms with E-state index >= 15 is 0 Å². The number of halogens is 1. The summed E-state index contributed by atoms with van der Waals surface area (Å²) >= 11 is 1.06. The molecular weight excluding hydrogens is 317 g/mol. The van der Waals surface area contributed by atoms with Crippen molar-refractivity contribution in [2.75, 3.05) is 12.4 Å². The van der Waals surface area contributed by atoms with Crippen LogP contribution in [0, 0.1) is 11.7 Å². The highest BCUT2D eigenvalue weighted by molar-refractivity contribution is 8.00. The van der Waals surface area contributed by atoms with Crippen molar-refractivity contribution in [2.45, 2.75) is 43.5 Å². The number of hydrogen-bond donors (Lipinski definition) is 1. The molecule has 4 nitrogen and oxygen atoms in total. The molecule has 1 amide bonds. The lowest BCUT2D eigenvalue weighted by molar-refractivity contribution is -0.146. The van der Waals surface area contributed by atoms with Gasteiger partial charge in [0, 0.05) is 10.9 Å². The van der Waals surface area contributed by atoms with E-state index < -0.39 is 5.97 Å². The number of ether oxygens (including phenoxy) is 1. The van der Waals surface area contributed by atoms with Crippen LogP contribution in [0.25, 0.3) is 0 Å². The average molecular weight is 339 g/mol. The smallest absolute Gasteiger partial charge is 0.316 e. The molecular formula is C17H22FNO3S. The lowest BCUT2D eigenvalue weighted by Crippen LogP contribution is -2.39. The highest BCUT2D eigenvalue weighted by Gasteiger charge is 2.20. The summed E-state index contributed by atoms with van der Waals surface area (Å²) in [6.07, 6.45) is 4.18. The highest BCUT2D eigenvalue weighted by Crippen LogP contribution is 2.23. The van der Waals surface area contributed by atoms with Crippen molar-refractivity contribution in [3.8, 4) is 0 Å². The molecule has 0 saturated heterocycles. The zero-order valence-corrected chi connectivity index (χ0v) is 14.0. The number of thioether (sulfide) groups is 1. The molecule has 0 aromatic heterocycles. The Hall–Kier alpha value is -1.56. The number of hydrogen-bond acceptors (Lipinski definition) is 4. The van der Waals surface area contributed by atoms with E-state index in [-0.39, 0.29) is 30.1 Å². The Kier molecular flexibility index (Phi) is 6.89. The lowest BCUT2D eigenvalue weighted by Gasteiger charge is -2.26. The second kappa shape index (κ2) is 8.91. The van der Waals surface area contributed by atoms with Crippen molar-refractivity contribution in [1.29, 1.82) is 0 Å². The van der Waals surface area contributed by atoms with Gasteiger partial charge < -0.3 is 10.1 Å². The van der Waals surface area contributed by atoms with Gasteiger partial charge in [-0.3, -0.25) is 9.59 Å². The topological polar surface area (TPSA) is 55.4 Å². The Labute approximate surface area is 140 Å². The predicted molar refractivity (Wildman–Crippen MR) is 87.6 cm³/mol. The molecule has 1 aliphatic rings. The van der Waals surface area contributed by atoms with Crippen molar-refractivity contribution in [3.63, 3.8) is 0 Å². The van der Waals surface area contributed by atoms with Crippen molar-refractivity contribution in [1.82, 2.24) is 5.32 Å². The molecule has 2 rings (SSSR count). The summed E-state index contributed by atoms with van der Waals surface area (Å²) in [6, 6.07) is 6.42. The minimum absolute atomic E-state index is 0.0187. The maximum Gasteiger partial charge on any atom is 0.316 e. The van der Waals surface area contributed by atoms with Gasteiger partial charge in [0.15, 0.2) is 6.61 Å². The second-order valence-electron chi connectivity index (χ2n) is 5.90. The Morgan fingerprint density at radius 2 is 1.96 bits per heavy atom. The Morgan fingerprint density at radius 1 is 1.26 bits per heavy atom. The van der Waals surface area contributed by atoms with Crippen LogP contribution < -0.4 is 5.32 Å². The quantitative estimate of drug-likeness (QED) is 0.639. The van der Waals surface area contributed by atoms with Crippen LogP contribution in [-0.4, -0.2) is 30.3 Å². The Balaban J connectivity index is 1.64. The van der Waals surface area contributed by atoms with Crippen LogP contribution >= 0.6 is 11.8 Å². The third-order valence-corrected chi connectivity index (χ3v) is 4.95. The van der Waals surface area contributed by atoms with Gasteiger partial charge >= 0.3 is 5.97 Å². The Morgan fingerprint density at radius 3 is 2.65 bits per heavy atom. The van der Waals surface area contributed by atoms with Crippen LogP contribution in [-0.2, 0) is 14.3 Å². The maximum absolute atomic E-state index is 13.4. The van der Waals surface area contributed by atoms with E-state index in [2.05, 4.69) is 12.2 Å². The summed E-state index contributed by atoms with van der Waals surface area (Å²) in [4.78, 5) is 23.8. The Bertz CT molecular complexity index is 544. The van der Waals surface area contributed by atoms with Gasteiger partial charge in [-0.2, -0.15) is 0 Å². The third-order valence-electron chi connectivity index (χ3n) is 3.93. The molecule has 1 aromatic carbocycles. The van der Waals surface area contributed by atoms with Crippen molar-refractivity contribution >= 4 is 23.6 Å². The van der Waals surface area contributed by atoms with Crippen LogP contribution in [0.3, 0.4) is 0 Å². The first kappa shape index (κ1) is 17.8. The molecule has 0 aliphatic heterocycles. The largest absolute Gasteiger partial charge is 0.455 e. The summed E-state index contributed by atoms with van der Waals surface area (Å²) in [5, 5.41) is 2.89. The fraction of sp³-hybridized carbons (Fsp3) is 0.529. The van der Waals surface area contributed by atoms with Crippen LogP contribution in [0.15, 0.2) is 29.2 Å².